The van der Waals surface area contributed by atoms with Crippen LogP contribution in [0.2, 0.25) is 0 Å². The predicted molar refractivity (Wildman–Crippen MR) is 104 cm³/mol. The Bertz CT molecular complexity index is 998. The molecule has 3 aromatic rings. The van der Waals surface area contributed by atoms with Gasteiger partial charge in [0.2, 0.25) is 0 Å². The summed E-state index contributed by atoms with van der Waals surface area (Å²) >= 11 is 1.41. The Morgan fingerprint density at radius 2 is 1.90 bits per heavy atom. The number of aryl methyl sites for hydroxylation is 1. The number of thioether (sulfide) groups is 1. The van der Waals surface area contributed by atoms with Crippen LogP contribution in [-0.2, 0) is 5.75 Å². The zero-order valence-corrected chi connectivity index (χ0v) is 16.1. The van der Waals surface area contributed by atoms with Crippen molar-refractivity contribution in [3.8, 4) is 5.75 Å². The number of ether oxygens (including phenoxy) is 1. The minimum Gasteiger partial charge on any atom is -0.406 e. The predicted octanol–water partition coefficient (Wildman–Crippen LogP) is 5.23. The van der Waals surface area contributed by atoms with Gasteiger partial charge in [-0.05, 0) is 60.5 Å². The number of pyridine rings is 2. The second-order valence-corrected chi connectivity index (χ2v) is 6.95. The molecular weight excluding hydrogens is 403 g/mol. The van der Waals surface area contributed by atoms with Gasteiger partial charge in [0.05, 0.1) is 5.56 Å². The molecule has 1 amide bonds. The fraction of sp³-hybridized carbons (Fsp3) is 0.150. The molecule has 0 aliphatic rings. The van der Waals surface area contributed by atoms with Crippen LogP contribution >= 0.6 is 11.8 Å². The molecule has 150 valence electrons. The Labute approximate surface area is 169 Å². The van der Waals surface area contributed by atoms with Gasteiger partial charge in [-0.2, -0.15) is 0 Å². The van der Waals surface area contributed by atoms with Crippen molar-refractivity contribution >= 4 is 23.4 Å². The summed E-state index contributed by atoms with van der Waals surface area (Å²) in [6, 6.07) is 11.0. The van der Waals surface area contributed by atoms with Crippen LogP contribution in [0.25, 0.3) is 0 Å². The van der Waals surface area contributed by atoms with E-state index in [9.17, 15) is 18.0 Å². The largest absolute Gasteiger partial charge is 0.573 e. The lowest BCUT2D eigenvalue weighted by molar-refractivity contribution is -0.274. The molecule has 3 rings (SSSR count). The van der Waals surface area contributed by atoms with Crippen molar-refractivity contribution in [3.05, 3.63) is 77.7 Å². The molecule has 0 saturated heterocycles. The minimum absolute atomic E-state index is 0.249. The summed E-state index contributed by atoms with van der Waals surface area (Å²) in [6.07, 6.45) is 0.206. The van der Waals surface area contributed by atoms with E-state index < -0.39 is 12.3 Å². The topological polar surface area (TPSA) is 64.1 Å². The third-order valence-corrected chi connectivity index (χ3v) is 4.88. The van der Waals surface area contributed by atoms with Crippen molar-refractivity contribution in [1.29, 1.82) is 0 Å². The molecule has 0 unspecified atom stereocenters. The molecule has 0 radical (unpaired) electrons. The van der Waals surface area contributed by atoms with E-state index in [2.05, 4.69) is 20.0 Å². The highest BCUT2D eigenvalue weighted by Crippen LogP contribution is 2.29. The number of anilines is 1. The first kappa shape index (κ1) is 20.7. The van der Waals surface area contributed by atoms with Gasteiger partial charge in [-0.25, -0.2) is 4.98 Å². The number of carbonyl (C=O) groups excluding carboxylic acids is 1. The van der Waals surface area contributed by atoms with Crippen molar-refractivity contribution in [3.63, 3.8) is 0 Å². The first-order valence-electron chi connectivity index (χ1n) is 8.46. The van der Waals surface area contributed by atoms with E-state index in [1.54, 1.807) is 30.7 Å². The van der Waals surface area contributed by atoms with E-state index in [-0.39, 0.29) is 11.3 Å². The number of halogens is 3. The summed E-state index contributed by atoms with van der Waals surface area (Å²) in [4.78, 5) is 20.9. The van der Waals surface area contributed by atoms with Gasteiger partial charge in [-0.1, -0.05) is 0 Å². The molecule has 29 heavy (non-hydrogen) atoms. The van der Waals surface area contributed by atoms with E-state index in [4.69, 9.17) is 0 Å². The Balaban J connectivity index is 1.72. The second kappa shape index (κ2) is 8.95. The zero-order chi connectivity index (χ0) is 20.9. The highest BCUT2D eigenvalue weighted by atomic mass is 32.2. The lowest BCUT2D eigenvalue weighted by Crippen LogP contribution is -2.18. The number of rotatable bonds is 6. The van der Waals surface area contributed by atoms with E-state index in [0.717, 1.165) is 5.56 Å². The Morgan fingerprint density at radius 1 is 1.14 bits per heavy atom. The van der Waals surface area contributed by atoms with Crippen molar-refractivity contribution in [2.45, 2.75) is 24.1 Å². The first-order chi connectivity index (χ1) is 13.8. The summed E-state index contributed by atoms with van der Waals surface area (Å²) < 4.78 is 41.1. The average Bonchev–Trinajstić information content (AvgIpc) is 2.68. The highest BCUT2D eigenvalue weighted by Gasteiger charge is 2.31. The van der Waals surface area contributed by atoms with Gasteiger partial charge in [0, 0.05) is 30.0 Å². The Kier molecular flexibility index (Phi) is 6.38. The summed E-state index contributed by atoms with van der Waals surface area (Å²) in [5.74, 6) is -0.104. The van der Waals surface area contributed by atoms with Gasteiger partial charge >= 0.3 is 6.36 Å². The highest BCUT2D eigenvalue weighted by molar-refractivity contribution is 7.98. The van der Waals surface area contributed by atoms with Crippen LogP contribution < -0.4 is 10.1 Å². The number of benzene rings is 1. The lowest BCUT2D eigenvalue weighted by atomic mass is 10.2. The smallest absolute Gasteiger partial charge is 0.406 e. The van der Waals surface area contributed by atoms with Crippen molar-refractivity contribution in [1.82, 2.24) is 9.97 Å². The summed E-state index contributed by atoms with van der Waals surface area (Å²) in [5, 5.41) is 3.24. The molecule has 0 aliphatic heterocycles. The van der Waals surface area contributed by atoms with Crippen LogP contribution in [0, 0.1) is 6.92 Å². The average molecular weight is 419 g/mol. The molecule has 0 spiro atoms. The molecule has 9 heteroatoms. The maximum absolute atomic E-state index is 12.7. The fourth-order valence-corrected chi connectivity index (χ4v) is 3.42. The zero-order valence-electron chi connectivity index (χ0n) is 15.2. The molecule has 0 saturated carbocycles. The standard InChI is InChI=1S/C20H16F3N3O2S/c1-13-11-15(4-5-17(13)28-20(21,22)23)26-18(27)16-3-2-8-25-19(16)29-12-14-6-9-24-10-7-14/h2-11H,12H2,1H3,(H,26,27). The van der Waals surface area contributed by atoms with E-state index in [1.807, 2.05) is 12.1 Å². The third kappa shape index (κ3) is 5.95. The number of aromatic nitrogens is 2. The maximum atomic E-state index is 12.7. The molecule has 1 aromatic carbocycles. The number of hydrogen-bond donors (Lipinski definition) is 1. The van der Waals surface area contributed by atoms with Crippen molar-refractivity contribution < 1.29 is 22.7 Å². The van der Waals surface area contributed by atoms with Gasteiger partial charge in [-0.3, -0.25) is 9.78 Å². The molecule has 0 aliphatic carbocycles. The molecule has 0 atom stereocenters. The van der Waals surface area contributed by atoms with Gasteiger partial charge < -0.3 is 10.1 Å². The van der Waals surface area contributed by atoms with Crippen LogP contribution in [-0.4, -0.2) is 22.2 Å². The molecule has 0 bridgehead atoms. The Morgan fingerprint density at radius 3 is 2.59 bits per heavy atom. The number of hydrogen-bond acceptors (Lipinski definition) is 5. The third-order valence-electron chi connectivity index (χ3n) is 3.80. The number of alkyl halides is 3. The molecule has 2 heterocycles. The Hall–Kier alpha value is -3.07. The number of nitrogens with zero attached hydrogens (tertiary/aromatic N) is 2. The van der Waals surface area contributed by atoms with Gasteiger partial charge in [-0.15, -0.1) is 24.9 Å². The van der Waals surface area contributed by atoms with Crippen LogP contribution in [0.5, 0.6) is 5.75 Å². The maximum Gasteiger partial charge on any atom is 0.573 e. The molecule has 2 aromatic heterocycles. The van der Waals surface area contributed by atoms with Gasteiger partial charge in [0.25, 0.3) is 5.91 Å². The minimum atomic E-state index is -4.77. The van der Waals surface area contributed by atoms with Crippen LogP contribution in [0.3, 0.4) is 0 Å². The first-order valence-corrected chi connectivity index (χ1v) is 9.45. The number of carbonyl (C=O) groups is 1. The SMILES string of the molecule is Cc1cc(NC(=O)c2cccnc2SCc2ccncc2)ccc1OC(F)(F)F. The van der Waals surface area contributed by atoms with Crippen LogP contribution in [0.1, 0.15) is 21.5 Å². The molecular formula is C20H16F3N3O2S. The number of amides is 1. The van der Waals surface area contributed by atoms with Crippen molar-refractivity contribution in [2.75, 3.05) is 5.32 Å². The van der Waals surface area contributed by atoms with Gasteiger partial charge in [0.15, 0.2) is 0 Å². The van der Waals surface area contributed by atoms with Crippen LogP contribution in [0.15, 0.2) is 66.1 Å². The summed E-state index contributed by atoms with van der Waals surface area (Å²) in [5.41, 5.74) is 2.02. The van der Waals surface area contributed by atoms with Crippen molar-refractivity contribution in [2.24, 2.45) is 0 Å². The second-order valence-electron chi connectivity index (χ2n) is 5.98. The molecule has 5 nitrogen and oxygen atoms in total. The number of nitrogens with one attached hydrogen (secondary N) is 1. The summed E-state index contributed by atoms with van der Waals surface area (Å²) in [6.45, 7) is 1.47. The molecule has 1 N–H and O–H groups in total. The monoisotopic (exact) mass is 419 g/mol. The fourth-order valence-electron chi connectivity index (χ4n) is 2.47. The normalized spacial score (nSPS) is 11.2. The van der Waals surface area contributed by atoms with Gasteiger partial charge in [0.1, 0.15) is 10.8 Å². The quantitative estimate of drug-likeness (QED) is 0.555. The molecule has 0 fully saturated rings. The van der Waals surface area contributed by atoms with E-state index >= 15 is 0 Å². The van der Waals surface area contributed by atoms with E-state index in [0.29, 0.717) is 22.0 Å². The van der Waals surface area contributed by atoms with E-state index in [1.165, 1.54) is 36.9 Å². The lowest BCUT2D eigenvalue weighted by Gasteiger charge is -2.13. The summed E-state index contributed by atoms with van der Waals surface area (Å²) in [7, 11) is 0. The van der Waals surface area contributed by atoms with Crippen LogP contribution in [0.4, 0.5) is 18.9 Å².